The summed E-state index contributed by atoms with van der Waals surface area (Å²) in [5.41, 5.74) is 2.65. The number of aliphatic carboxylic acids is 1. The molecule has 8 heteroatoms. The smallest absolute Gasteiger partial charge is 0.326 e. The first-order valence-corrected chi connectivity index (χ1v) is 11.4. The number of fused-ring (bicyclic) bond motifs is 1. The molecule has 0 radical (unpaired) electrons. The second-order valence-electron chi connectivity index (χ2n) is 8.58. The highest BCUT2D eigenvalue weighted by molar-refractivity contribution is 5.94. The van der Waals surface area contributed by atoms with Crippen LogP contribution in [-0.4, -0.2) is 52.2 Å². The van der Waals surface area contributed by atoms with Crippen LogP contribution in [0.1, 0.15) is 53.8 Å². The van der Waals surface area contributed by atoms with Crippen molar-refractivity contribution >= 4 is 17.7 Å². The number of amides is 1. The molecular formula is C24H30N4O4. The third-order valence-corrected chi connectivity index (χ3v) is 6.21. The summed E-state index contributed by atoms with van der Waals surface area (Å²) in [5.74, 6) is 0.0979. The highest BCUT2D eigenvalue weighted by Crippen LogP contribution is 2.34. The first kappa shape index (κ1) is 22.2. The van der Waals surface area contributed by atoms with Gasteiger partial charge in [-0.2, -0.15) is 0 Å². The van der Waals surface area contributed by atoms with Gasteiger partial charge in [0.2, 0.25) is 0 Å². The molecule has 4 rings (SSSR count). The zero-order valence-corrected chi connectivity index (χ0v) is 18.1. The van der Waals surface area contributed by atoms with Crippen LogP contribution in [0.15, 0.2) is 36.5 Å². The monoisotopic (exact) mass is 438 g/mol. The van der Waals surface area contributed by atoms with Crippen LogP contribution in [0.5, 0.6) is 0 Å². The van der Waals surface area contributed by atoms with Crippen LogP contribution in [0.25, 0.3) is 0 Å². The van der Waals surface area contributed by atoms with Gasteiger partial charge in [-0.3, -0.25) is 9.78 Å². The van der Waals surface area contributed by atoms with Crippen molar-refractivity contribution < 1.29 is 19.4 Å². The summed E-state index contributed by atoms with van der Waals surface area (Å²) in [5, 5.41) is 15.3. The Balaban J connectivity index is 1.14. The molecule has 2 aromatic rings. The summed E-state index contributed by atoms with van der Waals surface area (Å²) in [6.45, 7) is 1.30. The van der Waals surface area contributed by atoms with E-state index < -0.39 is 17.9 Å². The number of nitrogens with one attached hydrogen (secondary N) is 2. The Kier molecular flexibility index (Phi) is 7.32. The van der Waals surface area contributed by atoms with Gasteiger partial charge in [-0.25, -0.2) is 9.78 Å². The van der Waals surface area contributed by atoms with Crippen LogP contribution in [0, 0.1) is 5.92 Å². The van der Waals surface area contributed by atoms with Crippen molar-refractivity contribution in [3.63, 3.8) is 0 Å². The van der Waals surface area contributed by atoms with Gasteiger partial charge in [-0.05, 0) is 68.2 Å². The van der Waals surface area contributed by atoms with Gasteiger partial charge in [-0.15, -0.1) is 0 Å². The van der Waals surface area contributed by atoms with Crippen molar-refractivity contribution in [3.05, 3.63) is 53.5 Å². The van der Waals surface area contributed by atoms with Crippen LogP contribution in [0.3, 0.4) is 0 Å². The van der Waals surface area contributed by atoms with E-state index in [0.29, 0.717) is 12.5 Å². The number of anilines is 1. The molecular weight excluding hydrogens is 408 g/mol. The normalized spacial score (nSPS) is 20.4. The molecule has 1 aliphatic heterocycles. The molecule has 0 unspecified atom stereocenters. The quantitative estimate of drug-likeness (QED) is 0.523. The molecule has 0 aromatic carbocycles. The van der Waals surface area contributed by atoms with Crippen molar-refractivity contribution in [1.29, 1.82) is 0 Å². The number of hydrogen-bond donors (Lipinski definition) is 3. The van der Waals surface area contributed by atoms with Crippen molar-refractivity contribution in [2.75, 3.05) is 18.5 Å². The topological polar surface area (TPSA) is 113 Å². The van der Waals surface area contributed by atoms with E-state index in [9.17, 15) is 14.7 Å². The third-order valence-electron chi connectivity index (χ3n) is 6.21. The van der Waals surface area contributed by atoms with Crippen LogP contribution in [0.4, 0.5) is 5.82 Å². The fourth-order valence-corrected chi connectivity index (χ4v) is 4.25. The second kappa shape index (κ2) is 10.5. The van der Waals surface area contributed by atoms with Crippen molar-refractivity contribution in [1.82, 2.24) is 15.3 Å². The molecule has 1 fully saturated rings. The Morgan fingerprint density at radius 2 is 2.12 bits per heavy atom. The average molecular weight is 439 g/mol. The van der Waals surface area contributed by atoms with E-state index in [4.69, 9.17) is 9.72 Å². The number of rotatable bonds is 10. The van der Waals surface area contributed by atoms with Gasteiger partial charge in [-0.1, -0.05) is 12.1 Å². The number of hydrogen-bond acceptors (Lipinski definition) is 6. The van der Waals surface area contributed by atoms with E-state index in [-0.39, 0.29) is 18.2 Å². The first-order valence-electron chi connectivity index (χ1n) is 11.4. The second-order valence-corrected chi connectivity index (χ2v) is 8.58. The zero-order chi connectivity index (χ0) is 22.3. The van der Waals surface area contributed by atoms with Crippen LogP contribution < -0.4 is 10.6 Å². The molecule has 0 saturated heterocycles. The largest absolute Gasteiger partial charge is 0.480 e. The van der Waals surface area contributed by atoms with E-state index >= 15 is 0 Å². The summed E-state index contributed by atoms with van der Waals surface area (Å²) in [6, 6.07) is 8.28. The van der Waals surface area contributed by atoms with Gasteiger partial charge in [0.15, 0.2) is 0 Å². The Labute approximate surface area is 187 Å². The number of carbonyl (C=O) groups excluding carboxylic acids is 1. The lowest BCUT2D eigenvalue weighted by Crippen LogP contribution is -2.42. The van der Waals surface area contributed by atoms with Crippen molar-refractivity contribution in [3.8, 4) is 0 Å². The third kappa shape index (κ3) is 5.82. The van der Waals surface area contributed by atoms with Crippen molar-refractivity contribution in [2.45, 2.75) is 57.1 Å². The number of carboxylic acid groups (broad SMARTS) is 1. The van der Waals surface area contributed by atoms with Crippen LogP contribution in [-0.2, 0) is 22.4 Å². The lowest BCUT2D eigenvalue weighted by molar-refractivity contribution is -0.140. The summed E-state index contributed by atoms with van der Waals surface area (Å²) < 4.78 is 5.85. The minimum absolute atomic E-state index is 0.166. The maximum Gasteiger partial charge on any atom is 0.326 e. The number of aromatic nitrogens is 2. The molecule has 2 aliphatic rings. The Bertz CT molecular complexity index is 931. The fraction of sp³-hybridized carbons (Fsp3) is 0.500. The lowest BCUT2D eigenvalue weighted by Gasteiger charge is -2.35. The average Bonchev–Trinajstić information content (AvgIpc) is 2.79. The summed E-state index contributed by atoms with van der Waals surface area (Å²) >= 11 is 0. The number of carbonyl (C=O) groups is 2. The molecule has 1 aliphatic carbocycles. The van der Waals surface area contributed by atoms with Gasteiger partial charge in [0.1, 0.15) is 17.6 Å². The summed E-state index contributed by atoms with van der Waals surface area (Å²) in [6.07, 6.45) is 8.19. The highest BCUT2D eigenvalue weighted by Gasteiger charge is 2.30. The Morgan fingerprint density at radius 1 is 1.25 bits per heavy atom. The van der Waals surface area contributed by atoms with E-state index in [0.717, 1.165) is 50.2 Å². The van der Waals surface area contributed by atoms with Gasteiger partial charge >= 0.3 is 5.97 Å². The standard InChI is InChI=1S/C24H30N4O4/c29-23(20-5-1-2-11-25-20)28-21(24(30)31)10-13-32-19-14-16(15-19)6-8-18-9-7-17-4-3-12-26-22(17)27-18/h1-2,5,7,9,11,16,19,21H,3-4,6,8,10,12-15H2,(H,26,27)(H,28,29)(H,30,31)/t16?,19?,21-/m0/s1. The maximum absolute atomic E-state index is 12.1. The highest BCUT2D eigenvalue weighted by atomic mass is 16.5. The van der Waals surface area contributed by atoms with Gasteiger partial charge in [0.25, 0.3) is 5.91 Å². The molecule has 2 aromatic heterocycles. The number of ether oxygens (including phenoxy) is 1. The SMILES string of the molecule is O=C(N[C@@H](CCOC1CC(CCc2ccc3c(n2)NCCC3)C1)C(=O)O)c1ccccn1. The number of carboxylic acids is 1. The van der Waals surface area contributed by atoms with E-state index in [2.05, 4.69) is 27.8 Å². The van der Waals surface area contributed by atoms with Gasteiger partial charge < -0.3 is 20.5 Å². The minimum Gasteiger partial charge on any atom is -0.480 e. The minimum atomic E-state index is -1.07. The number of aryl methyl sites for hydroxylation is 2. The fourth-order valence-electron chi connectivity index (χ4n) is 4.25. The Hall–Kier alpha value is -3.00. The van der Waals surface area contributed by atoms with E-state index in [1.165, 1.54) is 18.2 Å². The summed E-state index contributed by atoms with van der Waals surface area (Å²) in [7, 11) is 0. The lowest BCUT2D eigenvalue weighted by atomic mass is 9.79. The first-order chi connectivity index (χ1) is 15.6. The van der Waals surface area contributed by atoms with Crippen LogP contribution in [0.2, 0.25) is 0 Å². The van der Waals surface area contributed by atoms with E-state index in [1.54, 1.807) is 18.2 Å². The number of nitrogens with zero attached hydrogens (tertiary/aromatic N) is 2. The molecule has 170 valence electrons. The molecule has 1 atom stereocenters. The molecule has 8 nitrogen and oxygen atoms in total. The van der Waals surface area contributed by atoms with E-state index in [1.807, 2.05) is 0 Å². The van der Waals surface area contributed by atoms with Crippen LogP contribution >= 0.6 is 0 Å². The molecule has 3 heterocycles. The number of pyridine rings is 2. The predicted molar refractivity (Wildman–Crippen MR) is 120 cm³/mol. The van der Waals surface area contributed by atoms with Crippen molar-refractivity contribution in [2.24, 2.45) is 5.92 Å². The van der Waals surface area contributed by atoms with Gasteiger partial charge in [0, 0.05) is 31.5 Å². The maximum atomic E-state index is 12.1. The molecule has 0 bridgehead atoms. The van der Waals surface area contributed by atoms with Gasteiger partial charge in [0.05, 0.1) is 6.10 Å². The molecule has 0 spiro atoms. The molecule has 1 saturated carbocycles. The molecule has 3 N–H and O–H groups in total. The molecule has 32 heavy (non-hydrogen) atoms. The predicted octanol–water partition coefficient (Wildman–Crippen LogP) is 2.84. The molecule has 1 amide bonds. The summed E-state index contributed by atoms with van der Waals surface area (Å²) in [4.78, 5) is 32.3. The Morgan fingerprint density at radius 3 is 2.91 bits per heavy atom. The zero-order valence-electron chi connectivity index (χ0n) is 18.1.